The lowest BCUT2D eigenvalue weighted by Gasteiger charge is -2.25. The number of rotatable bonds is 3. The molecule has 1 aromatic carbocycles. The number of benzene rings is 1. The number of fused-ring (bicyclic) bond motifs is 2. The molecule has 0 fully saturated rings. The van der Waals surface area contributed by atoms with E-state index in [2.05, 4.69) is 51.0 Å². The summed E-state index contributed by atoms with van der Waals surface area (Å²) in [5.41, 5.74) is 3.02. The molecule has 0 spiro atoms. The van der Waals surface area contributed by atoms with Crippen LogP contribution in [0.2, 0.25) is 0 Å². The highest BCUT2D eigenvalue weighted by Crippen LogP contribution is 2.32. The molecule has 0 saturated carbocycles. The molecular formula is C17H17N3S. The Balaban J connectivity index is 1.57. The summed E-state index contributed by atoms with van der Waals surface area (Å²) in [5, 5.41) is 6.74. The van der Waals surface area contributed by atoms with E-state index in [0.29, 0.717) is 5.92 Å². The maximum absolute atomic E-state index is 4.40. The minimum Gasteiger partial charge on any atom is -0.369 e. The Labute approximate surface area is 128 Å². The van der Waals surface area contributed by atoms with Gasteiger partial charge in [-0.2, -0.15) is 0 Å². The average Bonchev–Trinajstić information content (AvgIpc) is 3.02. The fourth-order valence-corrected chi connectivity index (χ4v) is 3.95. The molecule has 0 amide bonds. The van der Waals surface area contributed by atoms with E-state index < -0.39 is 0 Å². The van der Waals surface area contributed by atoms with Crippen LogP contribution in [0.3, 0.4) is 0 Å². The van der Waals surface area contributed by atoms with E-state index >= 15 is 0 Å². The van der Waals surface area contributed by atoms with Gasteiger partial charge in [-0.1, -0.05) is 24.3 Å². The van der Waals surface area contributed by atoms with Gasteiger partial charge in [0.2, 0.25) is 0 Å². The Kier molecular flexibility index (Phi) is 3.31. The number of nitrogens with one attached hydrogen (secondary N) is 1. The maximum Gasteiger partial charge on any atom is 0.138 e. The van der Waals surface area contributed by atoms with Crippen molar-refractivity contribution in [3.05, 3.63) is 53.2 Å². The molecule has 3 aromatic rings. The van der Waals surface area contributed by atoms with Crippen molar-refractivity contribution in [2.75, 3.05) is 11.9 Å². The summed E-state index contributed by atoms with van der Waals surface area (Å²) in [6, 6.07) is 10.9. The number of hydrogen-bond donors (Lipinski definition) is 1. The lowest BCUT2D eigenvalue weighted by atomic mass is 9.83. The Bertz CT molecular complexity index is 765. The van der Waals surface area contributed by atoms with Crippen LogP contribution in [-0.2, 0) is 6.42 Å². The predicted octanol–water partition coefficient (Wildman–Crippen LogP) is 4.22. The topological polar surface area (TPSA) is 37.8 Å². The van der Waals surface area contributed by atoms with E-state index in [1.807, 2.05) is 0 Å². The van der Waals surface area contributed by atoms with E-state index in [1.54, 1.807) is 17.7 Å². The summed E-state index contributed by atoms with van der Waals surface area (Å²) in [6.45, 7) is 0.943. The van der Waals surface area contributed by atoms with Crippen LogP contribution in [0.4, 0.5) is 5.82 Å². The van der Waals surface area contributed by atoms with Gasteiger partial charge in [-0.3, -0.25) is 0 Å². The number of thiophene rings is 1. The Hall–Kier alpha value is -1.94. The first-order chi connectivity index (χ1) is 10.4. The van der Waals surface area contributed by atoms with Gasteiger partial charge in [-0.25, -0.2) is 9.97 Å². The van der Waals surface area contributed by atoms with Gasteiger partial charge in [0, 0.05) is 12.5 Å². The van der Waals surface area contributed by atoms with E-state index in [4.69, 9.17) is 0 Å². The highest BCUT2D eigenvalue weighted by atomic mass is 32.1. The van der Waals surface area contributed by atoms with Gasteiger partial charge in [0.15, 0.2) is 0 Å². The van der Waals surface area contributed by atoms with Gasteiger partial charge < -0.3 is 5.32 Å². The molecule has 0 aliphatic heterocycles. The third kappa shape index (κ3) is 2.40. The molecule has 2 aromatic heterocycles. The van der Waals surface area contributed by atoms with Gasteiger partial charge in [-0.15, -0.1) is 11.3 Å². The Morgan fingerprint density at radius 2 is 2.14 bits per heavy atom. The van der Waals surface area contributed by atoms with Gasteiger partial charge in [0.25, 0.3) is 0 Å². The molecule has 3 nitrogen and oxygen atoms in total. The molecule has 2 heterocycles. The van der Waals surface area contributed by atoms with Crippen molar-refractivity contribution in [3.8, 4) is 0 Å². The van der Waals surface area contributed by atoms with Crippen LogP contribution in [0.5, 0.6) is 0 Å². The Morgan fingerprint density at radius 3 is 3.14 bits per heavy atom. The monoisotopic (exact) mass is 295 g/mol. The first-order valence-electron chi connectivity index (χ1n) is 7.42. The molecule has 1 N–H and O–H groups in total. The number of hydrogen-bond acceptors (Lipinski definition) is 4. The number of aryl methyl sites for hydroxylation is 1. The Morgan fingerprint density at radius 1 is 1.19 bits per heavy atom. The highest BCUT2D eigenvalue weighted by Gasteiger charge is 2.19. The summed E-state index contributed by atoms with van der Waals surface area (Å²) in [7, 11) is 0. The summed E-state index contributed by atoms with van der Waals surface area (Å²) in [4.78, 5) is 9.76. The average molecular weight is 295 g/mol. The number of nitrogens with zero attached hydrogens (tertiary/aromatic N) is 2. The summed E-state index contributed by atoms with van der Waals surface area (Å²) >= 11 is 1.66. The molecular weight excluding hydrogens is 278 g/mol. The van der Waals surface area contributed by atoms with Gasteiger partial charge in [0.05, 0.1) is 5.39 Å². The van der Waals surface area contributed by atoms with Crippen LogP contribution in [0.15, 0.2) is 42.0 Å². The zero-order valence-corrected chi connectivity index (χ0v) is 12.6. The molecule has 4 heteroatoms. The fourth-order valence-electron chi connectivity index (χ4n) is 3.22. The van der Waals surface area contributed by atoms with Crippen molar-refractivity contribution in [1.29, 1.82) is 0 Å². The van der Waals surface area contributed by atoms with Crippen molar-refractivity contribution >= 4 is 27.4 Å². The van der Waals surface area contributed by atoms with E-state index in [0.717, 1.165) is 22.6 Å². The van der Waals surface area contributed by atoms with Crippen molar-refractivity contribution in [2.45, 2.75) is 25.2 Å². The second-order valence-corrected chi connectivity index (χ2v) is 6.43. The van der Waals surface area contributed by atoms with Crippen LogP contribution in [0, 0.1) is 0 Å². The van der Waals surface area contributed by atoms with Crippen LogP contribution >= 0.6 is 11.3 Å². The zero-order chi connectivity index (χ0) is 14.1. The summed E-state index contributed by atoms with van der Waals surface area (Å²) in [6.07, 6.45) is 5.40. The predicted molar refractivity (Wildman–Crippen MR) is 88.0 cm³/mol. The minimum absolute atomic E-state index is 0.582. The highest BCUT2D eigenvalue weighted by molar-refractivity contribution is 7.16. The zero-order valence-electron chi connectivity index (χ0n) is 11.7. The van der Waals surface area contributed by atoms with Crippen molar-refractivity contribution in [3.63, 3.8) is 0 Å². The van der Waals surface area contributed by atoms with Crippen LogP contribution in [0.25, 0.3) is 10.2 Å². The molecule has 21 heavy (non-hydrogen) atoms. The van der Waals surface area contributed by atoms with E-state index in [1.165, 1.54) is 30.4 Å². The lowest BCUT2D eigenvalue weighted by Crippen LogP contribution is -2.18. The normalized spacial score (nSPS) is 17.6. The van der Waals surface area contributed by atoms with Gasteiger partial charge in [-0.05, 0) is 41.8 Å². The van der Waals surface area contributed by atoms with Crippen molar-refractivity contribution in [2.24, 2.45) is 0 Å². The maximum atomic E-state index is 4.40. The largest absolute Gasteiger partial charge is 0.369 e. The van der Waals surface area contributed by atoms with Crippen LogP contribution < -0.4 is 5.32 Å². The molecule has 1 unspecified atom stereocenters. The first-order valence-corrected chi connectivity index (χ1v) is 8.29. The standard InChI is InChI=1S/C17H17N3S/c1-2-7-14-12(4-1)5-3-6-13(14)10-18-16-15-8-9-21-17(15)20-11-19-16/h1-2,4,7-9,11,13H,3,5-6,10H2,(H,18,19,20). The SMILES string of the molecule is c1ccc2c(c1)CCCC2CNc1ncnc2sccc12. The van der Waals surface area contributed by atoms with Crippen molar-refractivity contribution in [1.82, 2.24) is 9.97 Å². The fraction of sp³-hybridized carbons (Fsp3) is 0.294. The summed E-state index contributed by atoms with van der Waals surface area (Å²) in [5.74, 6) is 1.54. The summed E-state index contributed by atoms with van der Waals surface area (Å²) < 4.78 is 0. The quantitative estimate of drug-likeness (QED) is 0.786. The van der Waals surface area contributed by atoms with Crippen LogP contribution in [-0.4, -0.2) is 16.5 Å². The smallest absolute Gasteiger partial charge is 0.138 e. The molecule has 1 atom stereocenters. The molecule has 1 aliphatic carbocycles. The molecule has 1 aliphatic rings. The lowest BCUT2D eigenvalue weighted by molar-refractivity contribution is 0.571. The van der Waals surface area contributed by atoms with Gasteiger partial charge in [0.1, 0.15) is 17.0 Å². The molecule has 4 rings (SSSR count). The molecule has 0 radical (unpaired) electrons. The second kappa shape index (κ2) is 5.45. The number of aromatic nitrogens is 2. The van der Waals surface area contributed by atoms with E-state index in [-0.39, 0.29) is 0 Å². The molecule has 0 bridgehead atoms. The van der Waals surface area contributed by atoms with Crippen LogP contribution in [0.1, 0.15) is 29.9 Å². The minimum atomic E-state index is 0.582. The third-order valence-corrected chi connectivity index (χ3v) is 5.09. The van der Waals surface area contributed by atoms with Crippen molar-refractivity contribution < 1.29 is 0 Å². The molecule has 0 saturated heterocycles. The van der Waals surface area contributed by atoms with E-state index in [9.17, 15) is 0 Å². The number of anilines is 1. The first kappa shape index (κ1) is 12.8. The third-order valence-electron chi connectivity index (χ3n) is 4.27. The van der Waals surface area contributed by atoms with Gasteiger partial charge >= 0.3 is 0 Å². The second-order valence-electron chi connectivity index (χ2n) is 5.53. The molecule has 106 valence electrons.